The first-order valence-electron chi connectivity index (χ1n) is 3.59. The number of hydrogen-bond donors (Lipinski definition) is 0. The van der Waals surface area contributed by atoms with Gasteiger partial charge < -0.3 is 0 Å². The van der Waals surface area contributed by atoms with Gasteiger partial charge in [0.15, 0.2) is 5.82 Å². The Hall–Kier alpha value is -1.84. The maximum absolute atomic E-state index is 4.24. The Morgan fingerprint density at radius 2 is 2.17 bits per heavy atom. The van der Waals surface area contributed by atoms with E-state index in [0.717, 1.165) is 17.0 Å². The van der Waals surface area contributed by atoms with Crippen LogP contribution in [-0.4, -0.2) is 19.9 Å². The second kappa shape index (κ2) is 1.85. The van der Waals surface area contributed by atoms with Crippen LogP contribution < -0.4 is 0 Å². The van der Waals surface area contributed by atoms with Gasteiger partial charge in [-0.05, 0) is 6.07 Å². The Bertz CT molecular complexity index is 414. The van der Waals surface area contributed by atoms with Crippen molar-refractivity contribution in [2.75, 3.05) is 0 Å². The standard InChI is InChI=1S/C8H4N4/c1-2-10-8-7-5(6(1)12-8)3-9-4-11-7/h1-4H. The van der Waals surface area contributed by atoms with Crippen LogP contribution in [-0.2, 0) is 0 Å². The summed E-state index contributed by atoms with van der Waals surface area (Å²) >= 11 is 0. The van der Waals surface area contributed by atoms with E-state index >= 15 is 0 Å². The summed E-state index contributed by atoms with van der Waals surface area (Å²) in [5, 5.41) is 0. The van der Waals surface area contributed by atoms with Crippen molar-refractivity contribution in [2.24, 2.45) is 0 Å². The van der Waals surface area contributed by atoms with Crippen molar-refractivity contribution in [1.29, 1.82) is 0 Å². The second-order valence-electron chi connectivity index (χ2n) is 2.55. The van der Waals surface area contributed by atoms with E-state index in [0.29, 0.717) is 5.82 Å². The van der Waals surface area contributed by atoms with E-state index in [-0.39, 0.29) is 0 Å². The average Bonchev–Trinajstić information content (AvgIpc) is 2.41. The molecule has 4 heteroatoms. The predicted molar refractivity (Wildman–Crippen MR) is 42.1 cm³/mol. The molecule has 0 amide bonds. The minimum absolute atomic E-state index is 0.699. The molecule has 1 aliphatic heterocycles. The summed E-state index contributed by atoms with van der Waals surface area (Å²) in [6, 6.07) is 1.86. The van der Waals surface area contributed by atoms with Gasteiger partial charge in [-0.2, -0.15) is 0 Å². The van der Waals surface area contributed by atoms with Crippen molar-refractivity contribution in [3.05, 3.63) is 24.8 Å². The summed E-state index contributed by atoms with van der Waals surface area (Å²) in [4.78, 5) is 16.4. The number of aromatic nitrogens is 4. The molecule has 3 heterocycles. The van der Waals surface area contributed by atoms with Gasteiger partial charge in [0.25, 0.3) is 0 Å². The van der Waals surface area contributed by atoms with Crippen LogP contribution in [0.15, 0.2) is 24.8 Å². The molecule has 56 valence electrons. The summed E-state index contributed by atoms with van der Waals surface area (Å²) in [5.74, 6) is 0.699. The summed E-state index contributed by atoms with van der Waals surface area (Å²) in [6.45, 7) is 0. The van der Waals surface area contributed by atoms with Crippen molar-refractivity contribution < 1.29 is 0 Å². The molecular weight excluding hydrogens is 152 g/mol. The molecular formula is C8H4N4. The van der Waals surface area contributed by atoms with Crippen LogP contribution in [0, 0.1) is 0 Å². The summed E-state index contributed by atoms with van der Waals surface area (Å²) < 4.78 is 0. The number of rotatable bonds is 0. The van der Waals surface area contributed by atoms with Crippen LogP contribution in [0.25, 0.3) is 22.8 Å². The highest BCUT2D eigenvalue weighted by Gasteiger charge is 2.19. The van der Waals surface area contributed by atoms with E-state index in [4.69, 9.17) is 0 Å². The fraction of sp³-hybridized carbons (Fsp3) is 0. The van der Waals surface area contributed by atoms with Gasteiger partial charge in [0.2, 0.25) is 0 Å². The van der Waals surface area contributed by atoms with Gasteiger partial charge in [-0.1, -0.05) is 0 Å². The highest BCUT2D eigenvalue weighted by molar-refractivity contribution is 5.80. The quantitative estimate of drug-likeness (QED) is 0.485. The van der Waals surface area contributed by atoms with Gasteiger partial charge in [-0.15, -0.1) is 0 Å². The van der Waals surface area contributed by atoms with Gasteiger partial charge in [0, 0.05) is 18.0 Å². The number of hydrogen-bond acceptors (Lipinski definition) is 4. The van der Waals surface area contributed by atoms with Gasteiger partial charge in [-0.3, -0.25) is 0 Å². The van der Waals surface area contributed by atoms with Crippen LogP contribution in [0.1, 0.15) is 0 Å². The molecule has 0 spiro atoms. The zero-order valence-corrected chi connectivity index (χ0v) is 6.10. The van der Waals surface area contributed by atoms with Crippen LogP contribution in [0.3, 0.4) is 0 Å². The van der Waals surface area contributed by atoms with Crippen LogP contribution in [0.5, 0.6) is 0 Å². The minimum atomic E-state index is 0.699. The Balaban J connectivity index is 2.47. The first-order valence-corrected chi connectivity index (χ1v) is 3.59. The normalized spacial score (nSPS) is 11.3. The zero-order valence-electron chi connectivity index (χ0n) is 6.10. The summed E-state index contributed by atoms with van der Waals surface area (Å²) in [7, 11) is 0. The Kier molecular flexibility index (Phi) is 0.889. The molecule has 0 N–H and O–H groups in total. The van der Waals surface area contributed by atoms with Crippen molar-refractivity contribution in [3.63, 3.8) is 0 Å². The minimum Gasteiger partial charge on any atom is -0.244 e. The van der Waals surface area contributed by atoms with Crippen LogP contribution in [0.4, 0.5) is 0 Å². The van der Waals surface area contributed by atoms with Gasteiger partial charge in [0.05, 0.1) is 5.69 Å². The van der Waals surface area contributed by atoms with E-state index in [1.807, 2.05) is 6.07 Å². The SMILES string of the molecule is c1cc2nc(n1)-c1ncncc1-2. The molecule has 12 heavy (non-hydrogen) atoms. The molecule has 3 rings (SSSR count). The van der Waals surface area contributed by atoms with Crippen molar-refractivity contribution in [3.8, 4) is 22.8 Å². The molecule has 0 atom stereocenters. The lowest BCUT2D eigenvalue weighted by Gasteiger charge is -1.91. The molecule has 0 saturated carbocycles. The number of fused-ring (bicyclic) bond motifs is 5. The Labute approximate surface area is 68.4 Å². The Morgan fingerprint density at radius 3 is 3.17 bits per heavy atom. The number of nitrogens with zero attached hydrogens (tertiary/aromatic N) is 4. The summed E-state index contributed by atoms with van der Waals surface area (Å²) in [5.41, 5.74) is 2.73. The van der Waals surface area contributed by atoms with E-state index in [1.54, 1.807) is 12.4 Å². The van der Waals surface area contributed by atoms with Crippen molar-refractivity contribution in [2.45, 2.75) is 0 Å². The molecule has 2 bridgehead atoms. The molecule has 2 aromatic rings. The van der Waals surface area contributed by atoms with Crippen molar-refractivity contribution in [1.82, 2.24) is 19.9 Å². The summed E-state index contributed by atoms with van der Waals surface area (Å²) in [6.07, 6.45) is 5.01. The molecule has 1 aliphatic rings. The zero-order chi connectivity index (χ0) is 7.97. The fourth-order valence-corrected chi connectivity index (χ4v) is 1.32. The lowest BCUT2D eigenvalue weighted by Crippen LogP contribution is -1.83. The highest BCUT2D eigenvalue weighted by Crippen LogP contribution is 2.31. The van der Waals surface area contributed by atoms with Crippen LogP contribution in [0.2, 0.25) is 0 Å². The second-order valence-corrected chi connectivity index (χ2v) is 2.55. The molecule has 0 saturated heterocycles. The lowest BCUT2D eigenvalue weighted by molar-refractivity contribution is 1.16. The Morgan fingerprint density at radius 1 is 1.17 bits per heavy atom. The molecule has 2 aromatic heterocycles. The van der Waals surface area contributed by atoms with Gasteiger partial charge >= 0.3 is 0 Å². The molecule has 0 radical (unpaired) electrons. The largest absolute Gasteiger partial charge is 0.244 e. The average molecular weight is 156 g/mol. The highest BCUT2D eigenvalue weighted by atomic mass is 15.0. The molecule has 0 fully saturated rings. The third kappa shape index (κ3) is 0.567. The lowest BCUT2D eigenvalue weighted by atomic mass is 10.2. The molecule has 0 aliphatic carbocycles. The topological polar surface area (TPSA) is 51.6 Å². The predicted octanol–water partition coefficient (Wildman–Crippen LogP) is 0.914. The van der Waals surface area contributed by atoms with Gasteiger partial charge in [-0.25, -0.2) is 19.9 Å². The van der Waals surface area contributed by atoms with Crippen LogP contribution >= 0.6 is 0 Å². The smallest absolute Gasteiger partial charge is 0.179 e. The maximum Gasteiger partial charge on any atom is 0.179 e. The molecule has 4 nitrogen and oxygen atoms in total. The van der Waals surface area contributed by atoms with E-state index in [9.17, 15) is 0 Å². The molecule has 0 unspecified atom stereocenters. The van der Waals surface area contributed by atoms with Crippen molar-refractivity contribution >= 4 is 0 Å². The van der Waals surface area contributed by atoms with E-state index < -0.39 is 0 Å². The van der Waals surface area contributed by atoms with E-state index in [2.05, 4.69) is 19.9 Å². The third-order valence-corrected chi connectivity index (χ3v) is 1.86. The van der Waals surface area contributed by atoms with Gasteiger partial charge in [0.1, 0.15) is 12.0 Å². The third-order valence-electron chi connectivity index (χ3n) is 1.86. The first kappa shape index (κ1) is 5.77. The first-order chi connectivity index (χ1) is 5.95. The monoisotopic (exact) mass is 156 g/mol. The fourth-order valence-electron chi connectivity index (χ4n) is 1.32. The molecule has 0 aromatic carbocycles. The van der Waals surface area contributed by atoms with E-state index in [1.165, 1.54) is 6.33 Å². The maximum atomic E-state index is 4.24.